The Morgan fingerprint density at radius 3 is 1.34 bits per heavy atom. The minimum atomic E-state index is -3.43. The van der Waals surface area contributed by atoms with Crippen molar-refractivity contribution in [2.24, 2.45) is 0 Å². The number of thiol groups is 1. The largest absolute Gasteiger partial charge is 0.268 e. The molecular weight excluding hydrogens is 400 g/mol. The van der Waals surface area contributed by atoms with Crippen LogP contribution in [0.1, 0.15) is 142 Å². The van der Waals surface area contributed by atoms with Gasteiger partial charge in [-0.15, -0.1) is 12.6 Å². The fraction of sp³-hybridized carbons (Fsp3) is 1.00. The van der Waals surface area contributed by atoms with E-state index in [0.29, 0.717) is 6.42 Å². The Hall–Kier alpha value is 0.260. The van der Waals surface area contributed by atoms with E-state index < -0.39 is 15.6 Å². The van der Waals surface area contributed by atoms with Gasteiger partial charge in [0.1, 0.15) is 5.44 Å². The van der Waals surface area contributed by atoms with Crippen LogP contribution in [0.25, 0.3) is 0 Å². The lowest BCUT2D eigenvalue weighted by Crippen LogP contribution is -2.16. The van der Waals surface area contributed by atoms with E-state index >= 15 is 0 Å². The van der Waals surface area contributed by atoms with Gasteiger partial charge < -0.3 is 0 Å². The maximum absolute atomic E-state index is 12.1. The third-order valence-corrected chi connectivity index (χ3v) is 7.38. The van der Waals surface area contributed by atoms with Crippen LogP contribution in [-0.2, 0) is 14.3 Å². The third-order valence-electron chi connectivity index (χ3n) is 5.56. The molecule has 0 aliphatic rings. The smallest absolute Gasteiger partial charge is 0.256 e. The zero-order valence-electron chi connectivity index (χ0n) is 19.5. The zero-order chi connectivity index (χ0) is 21.6. The van der Waals surface area contributed by atoms with E-state index in [4.69, 9.17) is 4.18 Å². The van der Waals surface area contributed by atoms with Crippen molar-refractivity contribution < 1.29 is 12.6 Å². The first kappa shape index (κ1) is 29.3. The second-order valence-electron chi connectivity index (χ2n) is 8.61. The maximum Gasteiger partial charge on any atom is 0.268 e. The summed E-state index contributed by atoms with van der Waals surface area (Å²) in [5.74, 6) is 0.137. The highest BCUT2D eigenvalue weighted by atomic mass is 32.2. The molecule has 0 N–H and O–H groups in total. The third kappa shape index (κ3) is 22.8. The van der Waals surface area contributed by atoms with Crippen molar-refractivity contribution in [1.29, 1.82) is 0 Å². The van der Waals surface area contributed by atoms with Gasteiger partial charge in [0, 0.05) is 0 Å². The molecule has 0 heterocycles. The molecule has 0 rings (SSSR count). The van der Waals surface area contributed by atoms with Gasteiger partial charge >= 0.3 is 0 Å². The van der Waals surface area contributed by atoms with Crippen molar-refractivity contribution in [3.05, 3.63) is 0 Å². The molecule has 0 saturated heterocycles. The average molecular weight is 451 g/mol. The van der Waals surface area contributed by atoms with Crippen molar-refractivity contribution in [3.8, 4) is 0 Å². The van der Waals surface area contributed by atoms with Gasteiger partial charge in [-0.1, -0.05) is 123 Å². The fourth-order valence-electron chi connectivity index (χ4n) is 3.66. The Bertz CT molecular complexity index is 424. The number of rotatable bonds is 23. The van der Waals surface area contributed by atoms with E-state index in [1.165, 1.54) is 89.9 Å². The van der Waals surface area contributed by atoms with Gasteiger partial charge in [-0.05, 0) is 19.3 Å². The number of hydrogen-bond acceptors (Lipinski definition) is 4. The van der Waals surface area contributed by atoms with Crippen molar-refractivity contribution in [2.45, 2.75) is 148 Å². The summed E-state index contributed by atoms with van der Waals surface area (Å²) in [7, 11) is -3.43. The van der Waals surface area contributed by atoms with Crippen LogP contribution in [-0.4, -0.2) is 19.6 Å². The van der Waals surface area contributed by atoms with Crippen molar-refractivity contribution in [2.75, 3.05) is 5.75 Å². The lowest BCUT2D eigenvalue weighted by atomic mass is 10.1. The Morgan fingerprint density at radius 2 is 0.931 bits per heavy atom. The molecule has 0 aromatic heterocycles. The van der Waals surface area contributed by atoms with Crippen molar-refractivity contribution >= 4 is 22.7 Å². The molecular formula is C24H50O3S2. The van der Waals surface area contributed by atoms with Crippen LogP contribution in [0.15, 0.2) is 0 Å². The highest BCUT2D eigenvalue weighted by Gasteiger charge is 2.16. The van der Waals surface area contributed by atoms with Crippen LogP contribution < -0.4 is 0 Å². The summed E-state index contributed by atoms with van der Waals surface area (Å²) >= 11 is 4.33. The lowest BCUT2D eigenvalue weighted by Gasteiger charge is -2.12. The molecule has 3 nitrogen and oxygen atoms in total. The molecule has 0 bridgehead atoms. The molecule has 0 aliphatic carbocycles. The summed E-state index contributed by atoms with van der Waals surface area (Å²) in [6, 6.07) is 0. The standard InChI is InChI=1S/C24H50O3S2/c1-3-5-7-9-11-13-15-17-19-21-23-29(25,26)27-24(28)22-20-18-16-14-12-10-8-6-4-2/h24,28H,3-23H2,1-2H3. The van der Waals surface area contributed by atoms with E-state index in [0.717, 1.165) is 32.1 Å². The number of hydrogen-bond donors (Lipinski definition) is 1. The van der Waals surface area contributed by atoms with E-state index in [9.17, 15) is 8.42 Å². The quantitative estimate of drug-likeness (QED) is 0.0735. The van der Waals surface area contributed by atoms with Gasteiger partial charge in [-0.25, -0.2) is 0 Å². The fourth-order valence-corrected chi connectivity index (χ4v) is 5.33. The van der Waals surface area contributed by atoms with Gasteiger partial charge in [0.25, 0.3) is 10.1 Å². The predicted octanol–water partition coefficient (Wildman–Crippen LogP) is 8.43. The molecule has 0 aromatic carbocycles. The SMILES string of the molecule is CCCCCCCCCCCCS(=O)(=O)OC(S)CCCCCCCCCCC. The van der Waals surface area contributed by atoms with Gasteiger partial charge in [-0.2, -0.15) is 8.42 Å². The first-order valence-corrected chi connectivity index (χ1v) is 14.7. The highest BCUT2D eigenvalue weighted by Crippen LogP contribution is 2.17. The normalized spacial score (nSPS) is 13.1. The van der Waals surface area contributed by atoms with Crippen LogP contribution in [0.3, 0.4) is 0 Å². The summed E-state index contributed by atoms with van der Waals surface area (Å²) in [6.07, 6.45) is 24.1. The molecule has 0 spiro atoms. The van der Waals surface area contributed by atoms with Gasteiger partial charge in [0.15, 0.2) is 0 Å². The Kier molecular flexibility index (Phi) is 21.7. The van der Waals surface area contributed by atoms with Crippen LogP contribution in [0.2, 0.25) is 0 Å². The van der Waals surface area contributed by atoms with E-state index in [2.05, 4.69) is 26.5 Å². The van der Waals surface area contributed by atoms with Gasteiger partial charge in [0.2, 0.25) is 0 Å². The molecule has 0 fully saturated rings. The van der Waals surface area contributed by atoms with Crippen LogP contribution in [0.4, 0.5) is 0 Å². The first-order chi connectivity index (χ1) is 14.0. The summed E-state index contributed by atoms with van der Waals surface area (Å²) in [5.41, 5.74) is -0.479. The van der Waals surface area contributed by atoms with Gasteiger partial charge in [-0.3, -0.25) is 4.18 Å². The molecule has 0 saturated carbocycles. The Labute approximate surface area is 188 Å². The highest BCUT2D eigenvalue weighted by molar-refractivity contribution is 7.88. The Morgan fingerprint density at radius 1 is 0.586 bits per heavy atom. The maximum atomic E-state index is 12.1. The predicted molar refractivity (Wildman–Crippen MR) is 131 cm³/mol. The first-order valence-electron chi connectivity index (χ1n) is 12.6. The lowest BCUT2D eigenvalue weighted by molar-refractivity contribution is 0.277. The molecule has 0 radical (unpaired) electrons. The van der Waals surface area contributed by atoms with Crippen LogP contribution in [0, 0.1) is 0 Å². The second kappa shape index (κ2) is 21.5. The van der Waals surface area contributed by atoms with E-state index in [1.54, 1.807) is 0 Å². The molecule has 1 atom stereocenters. The van der Waals surface area contributed by atoms with Crippen LogP contribution >= 0.6 is 12.6 Å². The average Bonchev–Trinajstić information content (AvgIpc) is 2.67. The molecule has 0 aliphatic heterocycles. The Balaban J connectivity index is 3.51. The van der Waals surface area contributed by atoms with Gasteiger partial charge in [0.05, 0.1) is 5.75 Å². The zero-order valence-corrected chi connectivity index (χ0v) is 21.2. The minimum Gasteiger partial charge on any atom is -0.256 e. The minimum absolute atomic E-state index is 0.137. The summed E-state index contributed by atoms with van der Waals surface area (Å²) in [4.78, 5) is 0. The number of unbranched alkanes of at least 4 members (excludes halogenated alkanes) is 17. The van der Waals surface area contributed by atoms with E-state index in [-0.39, 0.29) is 5.75 Å². The molecule has 5 heteroatoms. The molecule has 1 unspecified atom stereocenters. The summed E-state index contributed by atoms with van der Waals surface area (Å²) in [6.45, 7) is 4.48. The molecule has 0 amide bonds. The van der Waals surface area contributed by atoms with Crippen molar-refractivity contribution in [3.63, 3.8) is 0 Å². The summed E-state index contributed by atoms with van der Waals surface area (Å²) in [5, 5.41) is 0. The van der Waals surface area contributed by atoms with Crippen LogP contribution in [0.5, 0.6) is 0 Å². The van der Waals surface area contributed by atoms with E-state index in [1.807, 2.05) is 0 Å². The molecule has 0 aromatic rings. The summed E-state index contributed by atoms with van der Waals surface area (Å²) < 4.78 is 29.4. The topological polar surface area (TPSA) is 43.4 Å². The molecule has 29 heavy (non-hydrogen) atoms. The molecule has 176 valence electrons. The van der Waals surface area contributed by atoms with Crippen molar-refractivity contribution in [1.82, 2.24) is 0 Å². The second-order valence-corrected chi connectivity index (χ2v) is 10.9. The monoisotopic (exact) mass is 450 g/mol.